The predicted molar refractivity (Wildman–Crippen MR) is 273 cm³/mol. The second-order valence-corrected chi connectivity index (χ2v) is 17.5. The van der Waals surface area contributed by atoms with Crippen LogP contribution in [-0.4, -0.2) is 46.9 Å². The van der Waals surface area contributed by atoms with Gasteiger partial charge in [0.2, 0.25) is 5.91 Å². The van der Waals surface area contributed by atoms with Gasteiger partial charge in [-0.25, -0.2) is 0 Å². The summed E-state index contributed by atoms with van der Waals surface area (Å²) in [6.07, 6.45) is 65.4. The van der Waals surface area contributed by atoms with E-state index >= 15 is 0 Å². The number of aliphatic hydroxyl groups excluding tert-OH is 2. The predicted octanol–water partition coefficient (Wildman–Crippen LogP) is 16.0. The summed E-state index contributed by atoms with van der Waals surface area (Å²) in [7, 11) is 0. The van der Waals surface area contributed by atoms with Crippen LogP contribution in [-0.2, 0) is 14.3 Å². The van der Waals surface area contributed by atoms with Crippen LogP contribution in [0.15, 0.2) is 85.1 Å². The van der Waals surface area contributed by atoms with E-state index in [4.69, 9.17) is 4.74 Å². The number of esters is 1. The molecule has 3 unspecified atom stereocenters. The highest BCUT2D eigenvalue weighted by Gasteiger charge is 2.23. The molecule has 6 heteroatoms. The summed E-state index contributed by atoms with van der Waals surface area (Å²) >= 11 is 0. The second kappa shape index (κ2) is 50.0. The Balaban J connectivity index is 4.74. The number of ether oxygens (including phenoxy) is 1. The average molecular weight is 878 g/mol. The lowest BCUT2D eigenvalue weighted by atomic mass is 10.0. The first kappa shape index (κ1) is 60.0. The zero-order valence-electron chi connectivity index (χ0n) is 41.2. The van der Waals surface area contributed by atoms with E-state index in [9.17, 15) is 19.8 Å². The van der Waals surface area contributed by atoms with Gasteiger partial charge in [-0.2, -0.15) is 0 Å². The molecule has 6 nitrogen and oxygen atoms in total. The van der Waals surface area contributed by atoms with Gasteiger partial charge in [-0.1, -0.05) is 228 Å². The Morgan fingerprint density at radius 3 is 1.33 bits per heavy atom. The van der Waals surface area contributed by atoms with Crippen molar-refractivity contribution in [2.75, 3.05) is 6.61 Å². The standard InChI is InChI=1S/C57H99NO5/c1-4-7-10-13-16-19-21-23-25-27-29-31-33-35-38-41-44-47-50-57(62)63-53(48-45-42-39-37-34-32-30-28-26-24-22-20-17-14-11-8-5-2)51-56(61)58-54(52-59)55(60)49-46-43-40-36-18-15-12-9-6-3/h8,11,17,20,24,26,29-32,37,39,45,48,53-55,59-60H,4-7,9-10,12-16,18-19,21-23,25,27-28,33-36,38,40-44,46-47,49-52H2,1-3H3,(H,58,61)/b11-8-,20-17-,26-24-,31-29+,32-30-,39-37-,48-45-. The molecule has 0 bridgehead atoms. The van der Waals surface area contributed by atoms with Crippen LogP contribution in [0.3, 0.4) is 0 Å². The minimum Gasteiger partial charge on any atom is -0.458 e. The number of carbonyl (C=O) groups excluding carboxylic acids is 2. The van der Waals surface area contributed by atoms with Gasteiger partial charge < -0.3 is 20.3 Å². The minimum absolute atomic E-state index is 0.0538. The molecule has 0 heterocycles. The molecule has 0 aromatic carbocycles. The molecule has 1 amide bonds. The molecule has 63 heavy (non-hydrogen) atoms. The van der Waals surface area contributed by atoms with Gasteiger partial charge in [-0.3, -0.25) is 9.59 Å². The fourth-order valence-electron chi connectivity index (χ4n) is 7.48. The molecule has 0 aliphatic carbocycles. The molecule has 3 N–H and O–H groups in total. The van der Waals surface area contributed by atoms with Gasteiger partial charge in [0.15, 0.2) is 0 Å². The average Bonchev–Trinajstić information content (AvgIpc) is 3.28. The topological polar surface area (TPSA) is 95.9 Å². The van der Waals surface area contributed by atoms with E-state index in [1.165, 1.54) is 109 Å². The largest absolute Gasteiger partial charge is 0.458 e. The van der Waals surface area contributed by atoms with Gasteiger partial charge in [0.05, 0.1) is 25.2 Å². The van der Waals surface area contributed by atoms with Crippen molar-refractivity contribution in [3.8, 4) is 0 Å². The van der Waals surface area contributed by atoms with Gasteiger partial charge in [-0.15, -0.1) is 0 Å². The summed E-state index contributed by atoms with van der Waals surface area (Å²) in [5.74, 6) is -0.643. The molecule has 0 aromatic rings. The van der Waals surface area contributed by atoms with Crippen molar-refractivity contribution in [1.29, 1.82) is 0 Å². The molecule has 0 aliphatic heterocycles. The molecule has 362 valence electrons. The maximum absolute atomic E-state index is 13.2. The van der Waals surface area contributed by atoms with Crippen LogP contribution in [0.2, 0.25) is 0 Å². The number of unbranched alkanes of at least 4 members (excludes halogenated alkanes) is 22. The van der Waals surface area contributed by atoms with Gasteiger partial charge in [0, 0.05) is 6.42 Å². The maximum Gasteiger partial charge on any atom is 0.306 e. The summed E-state index contributed by atoms with van der Waals surface area (Å²) in [4.78, 5) is 26.1. The quantitative estimate of drug-likeness (QED) is 0.0322. The number of hydrogen-bond acceptors (Lipinski definition) is 5. The highest BCUT2D eigenvalue weighted by Crippen LogP contribution is 2.15. The van der Waals surface area contributed by atoms with Crippen LogP contribution >= 0.6 is 0 Å². The molecule has 0 radical (unpaired) electrons. The molecule has 3 atom stereocenters. The lowest BCUT2D eigenvalue weighted by molar-refractivity contribution is -0.148. The molecule has 0 fully saturated rings. The van der Waals surface area contributed by atoms with E-state index in [1.807, 2.05) is 6.08 Å². The Morgan fingerprint density at radius 1 is 0.492 bits per heavy atom. The van der Waals surface area contributed by atoms with Gasteiger partial charge in [0.25, 0.3) is 0 Å². The summed E-state index contributed by atoms with van der Waals surface area (Å²) in [5, 5.41) is 23.6. The third kappa shape index (κ3) is 45.4. The Labute approximate surface area is 389 Å². The SMILES string of the molecule is CC/C=C\C/C=C\C/C=C\C/C=C\C/C=C\C/C=C\C(CC(=O)NC(CO)C(O)CCCCCCCCCCC)OC(=O)CCCCCCC/C=C/CCCCCCCCCCC. The van der Waals surface area contributed by atoms with Crippen LogP contribution in [0.4, 0.5) is 0 Å². The maximum atomic E-state index is 13.2. The van der Waals surface area contributed by atoms with Crippen LogP contribution < -0.4 is 5.32 Å². The van der Waals surface area contributed by atoms with Crippen molar-refractivity contribution < 1.29 is 24.5 Å². The molecule has 0 aliphatic rings. The summed E-state index contributed by atoms with van der Waals surface area (Å²) in [6, 6.07) is -0.747. The summed E-state index contributed by atoms with van der Waals surface area (Å²) in [6.45, 7) is 6.31. The molecule has 0 spiro atoms. The fraction of sp³-hybridized carbons (Fsp3) is 0.719. The third-order valence-corrected chi connectivity index (χ3v) is 11.5. The van der Waals surface area contributed by atoms with Crippen LogP contribution in [0.1, 0.15) is 239 Å². The molecule has 0 rings (SSSR count). The van der Waals surface area contributed by atoms with E-state index in [0.717, 1.165) is 83.5 Å². The van der Waals surface area contributed by atoms with E-state index < -0.39 is 18.2 Å². The Bertz CT molecular complexity index is 1210. The van der Waals surface area contributed by atoms with Crippen LogP contribution in [0.5, 0.6) is 0 Å². The third-order valence-electron chi connectivity index (χ3n) is 11.5. The van der Waals surface area contributed by atoms with Crippen LogP contribution in [0, 0.1) is 0 Å². The number of rotatable bonds is 46. The zero-order chi connectivity index (χ0) is 45.9. The normalized spacial score (nSPS) is 13.9. The first-order valence-electron chi connectivity index (χ1n) is 26.3. The van der Waals surface area contributed by atoms with Crippen molar-refractivity contribution in [3.05, 3.63) is 85.1 Å². The van der Waals surface area contributed by atoms with Crippen LogP contribution in [0.25, 0.3) is 0 Å². The number of amides is 1. The first-order chi connectivity index (χ1) is 31.0. The summed E-state index contributed by atoms with van der Waals surface area (Å²) in [5.41, 5.74) is 0. The Morgan fingerprint density at radius 2 is 0.889 bits per heavy atom. The van der Waals surface area contributed by atoms with E-state index in [-0.39, 0.29) is 24.9 Å². The highest BCUT2D eigenvalue weighted by atomic mass is 16.5. The lowest BCUT2D eigenvalue weighted by Gasteiger charge is -2.23. The van der Waals surface area contributed by atoms with Crippen molar-refractivity contribution in [2.24, 2.45) is 0 Å². The lowest BCUT2D eigenvalue weighted by Crippen LogP contribution is -2.46. The van der Waals surface area contributed by atoms with Crippen molar-refractivity contribution in [1.82, 2.24) is 5.32 Å². The Kier molecular flexibility index (Phi) is 47.7. The monoisotopic (exact) mass is 878 g/mol. The number of allylic oxidation sites excluding steroid dienone is 13. The fourth-order valence-corrected chi connectivity index (χ4v) is 7.48. The van der Waals surface area contributed by atoms with E-state index in [0.29, 0.717) is 19.3 Å². The highest BCUT2D eigenvalue weighted by molar-refractivity contribution is 5.78. The second-order valence-electron chi connectivity index (χ2n) is 17.5. The van der Waals surface area contributed by atoms with Crippen molar-refractivity contribution >= 4 is 11.9 Å². The Hall–Kier alpha value is -2.96. The van der Waals surface area contributed by atoms with Crippen molar-refractivity contribution in [2.45, 2.75) is 257 Å². The van der Waals surface area contributed by atoms with Gasteiger partial charge in [-0.05, 0) is 83.1 Å². The number of nitrogens with one attached hydrogen (secondary N) is 1. The first-order valence-corrected chi connectivity index (χ1v) is 26.3. The van der Waals surface area contributed by atoms with Gasteiger partial charge >= 0.3 is 5.97 Å². The zero-order valence-corrected chi connectivity index (χ0v) is 41.2. The molecule has 0 saturated carbocycles. The summed E-state index contributed by atoms with van der Waals surface area (Å²) < 4.78 is 5.82. The number of hydrogen-bond donors (Lipinski definition) is 3. The molecular weight excluding hydrogens is 779 g/mol. The molecular formula is C57H99NO5. The van der Waals surface area contributed by atoms with Crippen molar-refractivity contribution in [3.63, 3.8) is 0 Å². The van der Waals surface area contributed by atoms with E-state index in [2.05, 4.69) is 99.0 Å². The number of aliphatic hydroxyl groups is 2. The smallest absolute Gasteiger partial charge is 0.306 e. The number of carbonyl (C=O) groups is 2. The minimum atomic E-state index is -0.823. The van der Waals surface area contributed by atoms with Gasteiger partial charge in [0.1, 0.15) is 6.10 Å². The molecule has 0 saturated heterocycles. The van der Waals surface area contributed by atoms with E-state index in [1.54, 1.807) is 6.08 Å². The molecule has 0 aromatic heterocycles.